The molecule has 0 saturated carbocycles. The van der Waals surface area contributed by atoms with Crippen LogP contribution >= 0.6 is 0 Å². The van der Waals surface area contributed by atoms with E-state index in [1.807, 2.05) is 20.8 Å². The number of likely N-dealkylation sites (N-methyl/N-ethyl adjacent to an activating group) is 4. The number of ether oxygens (including phenoxy) is 1. The first-order valence-corrected chi connectivity index (χ1v) is 26.3. The number of hydrogen-bond acceptors (Lipinski definition) is 12. The van der Waals surface area contributed by atoms with Gasteiger partial charge in [-0.2, -0.15) is 0 Å². The normalized spacial score (nSPS) is 27.6. The van der Waals surface area contributed by atoms with Gasteiger partial charge >= 0.3 is 5.97 Å². The van der Waals surface area contributed by atoms with E-state index in [1.165, 1.54) is 75.8 Å². The summed E-state index contributed by atoms with van der Waals surface area (Å²) in [5, 5.41) is 30.2. The van der Waals surface area contributed by atoms with Crippen molar-refractivity contribution in [3.8, 4) is 5.75 Å². The van der Waals surface area contributed by atoms with Crippen LogP contribution in [-0.4, -0.2) is 183 Å². The molecule has 5 N–H and O–H groups in total. The Kier molecular flexibility index (Phi) is 22.5. The van der Waals surface area contributed by atoms with Gasteiger partial charge < -0.3 is 55.4 Å². The van der Waals surface area contributed by atoms with Gasteiger partial charge in [-0.1, -0.05) is 87.8 Å². The number of phenols is 1. The molecule has 2 fully saturated rings. The topological polar surface area (TPSA) is 256 Å². The van der Waals surface area contributed by atoms with Crippen molar-refractivity contribution in [3.05, 3.63) is 29.8 Å². The van der Waals surface area contributed by atoms with E-state index in [-0.39, 0.29) is 37.5 Å². The number of esters is 1. The van der Waals surface area contributed by atoms with Gasteiger partial charge in [0, 0.05) is 47.1 Å². The number of carbonyl (C=O) groups is 9. The maximum atomic E-state index is 14.8. The standard InChI is InChI=1S/C54H88N8O12/c1-18-32(9)40-51(70)59(15)41(30(5)6)46(65)55-37(27-29(3)4)50(69)61(17)44(54(12,13)73)53(72)74-43(33(10)19-2)52(71)60(16)42(31(7)8)47(66)56-38(28-35-22-24-36(63)25-23-35)49(68)58(14)34(11)48(67)62-26-20-21-39(62)45(64)57-40/h22-25,29-34,37-44,63,73H,18-21,26-28H2,1-17H3,(H,55,65)(H,56,66)(H,57,64)/t32-,33?,34-,37+,38+,39+,40+,41+,42+,43-,44-/m1/s1. The van der Waals surface area contributed by atoms with Gasteiger partial charge in [0.05, 0.1) is 5.60 Å². The quantitative estimate of drug-likeness (QED) is 0.201. The third kappa shape index (κ3) is 15.2. The van der Waals surface area contributed by atoms with Crippen molar-refractivity contribution in [2.24, 2.45) is 29.6 Å². The number of hydrogen-bond donors (Lipinski definition) is 5. The molecule has 0 aliphatic carbocycles. The second-order valence-electron chi connectivity index (χ2n) is 22.3. The lowest BCUT2D eigenvalue weighted by molar-refractivity contribution is -0.177. The highest BCUT2D eigenvalue weighted by atomic mass is 16.6. The second-order valence-corrected chi connectivity index (χ2v) is 22.3. The van der Waals surface area contributed by atoms with Crippen LogP contribution in [0.4, 0.5) is 0 Å². The van der Waals surface area contributed by atoms with E-state index in [4.69, 9.17) is 4.74 Å². The molecule has 1 unspecified atom stereocenters. The van der Waals surface area contributed by atoms with Crippen molar-refractivity contribution in [2.75, 3.05) is 34.7 Å². The minimum Gasteiger partial charge on any atom is -0.508 e. The maximum absolute atomic E-state index is 14.8. The van der Waals surface area contributed by atoms with E-state index >= 15 is 0 Å². The molecule has 8 amide bonds. The molecule has 0 spiro atoms. The average Bonchev–Trinajstić information content (AvgIpc) is 3.82. The van der Waals surface area contributed by atoms with Crippen LogP contribution in [0.3, 0.4) is 0 Å². The molecule has 2 aliphatic heterocycles. The zero-order valence-electron chi connectivity index (χ0n) is 47.1. The fourth-order valence-electron chi connectivity index (χ4n) is 10.0. The number of nitrogens with zero attached hydrogens (tertiary/aromatic N) is 5. The summed E-state index contributed by atoms with van der Waals surface area (Å²) in [6.07, 6.45) is -0.0571. The summed E-state index contributed by atoms with van der Waals surface area (Å²) < 4.78 is 6.03. The Labute approximate surface area is 439 Å². The predicted octanol–water partition coefficient (Wildman–Crippen LogP) is 2.85. The Bertz CT molecular complexity index is 2160. The van der Waals surface area contributed by atoms with Crippen LogP contribution in [-0.2, 0) is 54.3 Å². The number of amides is 8. The number of cyclic esters (lactones) is 1. The molecule has 2 saturated heterocycles. The summed E-state index contributed by atoms with van der Waals surface area (Å²) in [5.74, 6) is -8.90. The van der Waals surface area contributed by atoms with Crippen LogP contribution in [0.1, 0.15) is 128 Å². The van der Waals surface area contributed by atoms with Gasteiger partial charge in [0.15, 0.2) is 12.1 Å². The SMILES string of the molecule is CCC(C)[C@H]1OC(=O)[C@H](C(C)(C)O)N(C)C(=O)[C@H](CC(C)C)NC(=O)[C@H](C(C)C)N(C)C(=O)[C@H]([C@H](C)CC)NC(=O)[C@@H]2CCCN2C(=O)[C@@H](C)N(C)C(=O)[C@H](Cc2ccc(O)cc2)NC(=O)[C@H](C(C)C)N(C)C1=O. The summed E-state index contributed by atoms with van der Waals surface area (Å²) in [6, 6.07) is -4.04. The lowest BCUT2D eigenvalue weighted by Gasteiger charge is -2.39. The van der Waals surface area contributed by atoms with Crippen molar-refractivity contribution >= 4 is 53.2 Å². The van der Waals surface area contributed by atoms with Crippen LogP contribution < -0.4 is 16.0 Å². The largest absolute Gasteiger partial charge is 0.508 e. The molecule has 1 aromatic rings. The number of aliphatic hydroxyl groups is 1. The third-order valence-corrected chi connectivity index (χ3v) is 14.8. The monoisotopic (exact) mass is 1040 g/mol. The summed E-state index contributed by atoms with van der Waals surface area (Å²) in [5.41, 5.74) is -1.43. The van der Waals surface area contributed by atoms with E-state index in [1.54, 1.807) is 60.6 Å². The minimum atomic E-state index is -1.98. The molecular formula is C54H88N8O12. The molecule has 3 rings (SSSR count). The molecule has 74 heavy (non-hydrogen) atoms. The second kappa shape index (κ2) is 26.6. The Balaban J connectivity index is 2.31. The van der Waals surface area contributed by atoms with Crippen molar-refractivity contribution in [3.63, 3.8) is 0 Å². The highest BCUT2D eigenvalue weighted by Gasteiger charge is 2.47. The predicted molar refractivity (Wildman–Crippen MR) is 278 cm³/mol. The van der Waals surface area contributed by atoms with Crippen LogP contribution in [0, 0.1) is 29.6 Å². The molecule has 416 valence electrons. The first-order chi connectivity index (χ1) is 34.3. The van der Waals surface area contributed by atoms with Crippen molar-refractivity contribution in [2.45, 2.75) is 189 Å². The van der Waals surface area contributed by atoms with Gasteiger partial charge in [0.25, 0.3) is 5.91 Å². The van der Waals surface area contributed by atoms with Crippen LogP contribution in [0.2, 0.25) is 0 Å². The van der Waals surface area contributed by atoms with E-state index in [0.29, 0.717) is 24.8 Å². The van der Waals surface area contributed by atoms with E-state index in [2.05, 4.69) is 16.0 Å². The molecule has 2 heterocycles. The molecular weight excluding hydrogens is 953 g/mol. The molecule has 20 heteroatoms. The fraction of sp³-hybridized carbons (Fsp3) is 0.722. The highest BCUT2D eigenvalue weighted by molar-refractivity contribution is 5.99. The fourth-order valence-corrected chi connectivity index (χ4v) is 10.0. The first kappa shape index (κ1) is 62.5. The molecule has 1 aromatic carbocycles. The zero-order valence-corrected chi connectivity index (χ0v) is 47.1. The van der Waals surface area contributed by atoms with Crippen LogP contribution in [0.25, 0.3) is 0 Å². The molecule has 0 radical (unpaired) electrons. The Morgan fingerprint density at radius 2 is 1.15 bits per heavy atom. The van der Waals surface area contributed by atoms with Gasteiger partial charge in [-0.05, 0) is 87.8 Å². The third-order valence-electron chi connectivity index (χ3n) is 14.8. The van der Waals surface area contributed by atoms with Gasteiger partial charge in [-0.3, -0.25) is 38.4 Å². The summed E-state index contributed by atoms with van der Waals surface area (Å²) in [6.45, 7) is 21.9. The lowest BCUT2D eigenvalue weighted by Crippen LogP contribution is -2.63. The van der Waals surface area contributed by atoms with Crippen molar-refractivity contribution in [1.29, 1.82) is 0 Å². The number of rotatable bonds is 11. The van der Waals surface area contributed by atoms with Gasteiger partial charge in [0.1, 0.15) is 48.0 Å². The van der Waals surface area contributed by atoms with E-state index < -0.39 is 137 Å². The van der Waals surface area contributed by atoms with E-state index in [9.17, 15) is 53.4 Å². The number of nitrogens with one attached hydrogen (secondary N) is 3. The number of carbonyl (C=O) groups excluding carboxylic acids is 9. The molecule has 11 atom stereocenters. The summed E-state index contributed by atoms with van der Waals surface area (Å²) in [4.78, 5) is 137. The van der Waals surface area contributed by atoms with Crippen LogP contribution in [0.5, 0.6) is 5.75 Å². The Morgan fingerprint density at radius 3 is 1.64 bits per heavy atom. The van der Waals surface area contributed by atoms with Crippen LogP contribution in [0.15, 0.2) is 24.3 Å². The van der Waals surface area contributed by atoms with E-state index in [0.717, 1.165) is 9.80 Å². The van der Waals surface area contributed by atoms with Crippen molar-refractivity contribution in [1.82, 2.24) is 40.4 Å². The molecule has 0 aromatic heterocycles. The Hall–Kier alpha value is -5.79. The van der Waals surface area contributed by atoms with Gasteiger partial charge in [0.2, 0.25) is 41.4 Å². The molecule has 20 nitrogen and oxygen atoms in total. The number of aromatic hydroxyl groups is 1. The maximum Gasteiger partial charge on any atom is 0.332 e. The number of phenolic OH excluding ortho intramolecular Hbond substituents is 1. The average molecular weight is 1040 g/mol. The first-order valence-electron chi connectivity index (χ1n) is 26.3. The summed E-state index contributed by atoms with van der Waals surface area (Å²) >= 11 is 0. The Morgan fingerprint density at radius 1 is 0.649 bits per heavy atom. The smallest absolute Gasteiger partial charge is 0.332 e. The van der Waals surface area contributed by atoms with Crippen molar-refractivity contribution < 1.29 is 58.1 Å². The van der Waals surface area contributed by atoms with Gasteiger partial charge in [-0.15, -0.1) is 0 Å². The minimum absolute atomic E-state index is 0.0300. The molecule has 2 aliphatic rings. The molecule has 0 bridgehead atoms. The highest BCUT2D eigenvalue weighted by Crippen LogP contribution is 2.27. The lowest BCUT2D eigenvalue weighted by atomic mass is 9.93. The summed E-state index contributed by atoms with van der Waals surface area (Å²) in [7, 11) is 5.53. The zero-order chi connectivity index (χ0) is 56.4. The number of fused-ring (bicyclic) bond motifs is 1. The van der Waals surface area contributed by atoms with Gasteiger partial charge in [-0.25, -0.2) is 4.79 Å². The number of benzene rings is 1.